The third-order valence-corrected chi connectivity index (χ3v) is 7.23. The number of carbonyl (C=O) groups is 1. The highest BCUT2D eigenvalue weighted by Crippen LogP contribution is 2.41. The van der Waals surface area contributed by atoms with E-state index >= 15 is 0 Å². The molecule has 0 bridgehead atoms. The van der Waals surface area contributed by atoms with Crippen molar-refractivity contribution in [2.24, 2.45) is 0 Å². The minimum atomic E-state index is -0.557. The number of nitrogens with one attached hydrogen (secondary N) is 1. The molecule has 3 atom stereocenters. The number of carbonyl (C=O) groups excluding carboxylic acids is 1. The van der Waals surface area contributed by atoms with Gasteiger partial charge in [-0.05, 0) is 66.6 Å². The third-order valence-electron chi connectivity index (χ3n) is 7.23. The van der Waals surface area contributed by atoms with E-state index in [1.54, 1.807) is 6.07 Å². The Bertz CT molecular complexity index is 1300. The number of fused-ring (bicyclic) bond motifs is 2. The van der Waals surface area contributed by atoms with Crippen molar-refractivity contribution in [2.45, 2.75) is 44.2 Å². The molecule has 6 heteroatoms. The number of aryl methyl sites for hydroxylation is 1. The zero-order valence-corrected chi connectivity index (χ0v) is 21.2. The summed E-state index contributed by atoms with van der Waals surface area (Å²) in [5.41, 5.74) is 5.91. The molecule has 1 N–H and O–H groups in total. The largest absolute Gasteiger partial charge is 0.489 e. The van der Waals surface area contributed by atoms with Crippen LogP contribution in [0.25, 0.3) is 6.08 Å². The van der Waals surface area contributed by atoms with Gasteiger partial charge < -0.3 is 19.5 Å². The third kappa shape index (κ3) is 5.54. The number of hydrogen-bond acceptors (Lipinski definition) is 5. The molecule has 0 spiro atoms. The maximum atomic E-state index is 14.9. The molecule has 1 heterocycles. The Morgan fingerprint density at radius 3 is 2.86 bits per heavy atom. The number of ether oxygens (including phenoxy) is 3. The molecule has 0 saturated carbocycles. The molecule has 5 rings (SSSR count). The average molecular weight is 502 g/mol. The molecule has 0 unspecified atom stereocenters. The normalized spacial score (nSPS) is 18.8. The van der Waals surface area contributed by atoms with Crippen LogP contribution in [0.5, 0.6) is 11.5 Å². The van der Waals surface area contributed by atoms with Gasteiger partial charge in [0.15, 0.2) is 18.2 Å². The van der Waals surface area contributed by atoms with Gasteiger partial charge in [0.2, 0.25) is 0 Å². The molecule has 37 heavy (non-hydrogen) atoms. The van der Waals surface area contributed by atoms with Crippen molar-refractivity contribution in [2.75, 3.05) is 20.3 Å². The predicted octanol–water partition coefficient (Wildman–Crippen LogP) is 5.97. The van der Waals surface area contributed by atoms with Crippen LogP contribution in [0.1, 0.15) is 59.5 Å². The second kappa shape index (κ2) is 11.2. The first-order valence-corrected chi connectivity index (χ1v) is 12.8. The SMILES string of the molecule is COC(=O)COc1ccc([C@@H]2C[C@H](CN[C@H](C)c3cccc4c3C=CCC4)Oc3ccccc32)cc1F. The Balaban J connectivity index is 1.32. The summed E-state index contributed by atoms with van der Waals surface area (Å²) in [5.74, 6) is -0.232. The van der Waals surface area contributed by atoms with E-state index in [4.69, 9.17) is 9.47 Å². The number of esters is 1. The first-order valence-electron chi connectivity index (χ1n) is 12.8. The lowest BCUT2D eigenvalue weighted by Gasteiger charge is -2.33. The Labute approximate surface area is 217 Å². The van der Waals surface area contributed by atoms with Crippen LogP contribution in [-0.4, -0.2) is 32.3 Å². The Kier molecular flexibility index (Phi) is 7.56. The summed E-state index contributed by atoms with van der Waals surface area (Å²) < 4.78 is 31.1. The number of para-hydroxylation sites is 1. The van der Waals surface area contributed by atoms with Gasteiger partial charge in [-0.25, -0.2) is 9.18 Å². The van der Waals surface area contributed by atoms with Crippen LogP contribution in [0, 0.1) is 5.82 Å². The fourth-order valence-corrected chi connectivity index (χ4v) is 5.27. The lowest BCUT2D eigenvalue weighted by atomic mass is 9.84. The molecule has 0 saturated heterocycles. The Hall–Kier alpha value is -3.64. The van der Waals surface area contributed by atoms with E-state index in [0.29, 0.717) is 13.0 Å². The van der Waals surface area contributed by atoms with Gasteiger partial charge in [-0.1, -0.05) is 54.6 Å². The standard InChI is InChI=1S/C31H32FNO4/c1-20(24-12-7-9-21-8-3-4-10-25(21)24)33-18-23-17-27(26-11-5-6-13-29(26)37-23)22-14-15-30(28(32)16-22)36-19-31(34)35-2/h4-7,9-16,20,23,27,33H,3,8,17-19H2,1-2H3/t20-,23-,27+/m1/s1. The Morgan fingerprint density at radius 1 is 1.16 bits per heavy atom. The van der Waals surface area contributed by atoms with Crippen LogP contribution >= 0.6 is 0 Å². The van der Waals surface area contributed by atoms with Crippen molar-refractivity contribution < 1.29 is 23.4 Å². The molecule has 3 aromatic carbocycles. The zero-order valence-electron chi connectivity index (χ0n) is 21.2. The van der Waals surface area contributed by atoms with Crippen LogP contribution in [0.3, 0.4) is 0 Å². The minimum absolute atomic E-state index is 0.0244. The molecule has 5 nitrogen and oxygen atoms in total. The van der Waals surface area contributed by atoms with Crippen molar-refractivity contribution in [1.82, 2.24) is 5.32 Å². The molecule has 0 fully saturated rings. The molecular weight excluding hydrogens is 469 g/mol. The van der Waals surface area contributed by atoms with Crippen molar-refractivity contribution in [3.63, 3.8) is 0 Å². The zero-order chi connectivity index (χ0) is 25.8. The van der Waals surface area contributed by atoms with E-state index in [-0.39, 0.29) is 30.4 Å². The number of hydrogen-bond donors (Lipinski definition) is 1. The highest BCUT2D eigenvalue weighted by molar-refractivity contribution is 5.70. The summed E-state index contributed by atoms with van der Waals surface area (Å²) in [7, 11) is 1.27. The van der Waals surface area contributed by atoms with Gasteiger partial charge in [0, 0.05) is 24.1 Å². The molecule has 0 aromatic heterocycles. The van der Waals surface area contributed by atoms with E-state index in [2.05, 4.69) is 47.3 Å². The van der Waals surface area contributed by atoms with Gasteiger partial charge in [-0.2, -0.15) is 0 Å². The first-order chi connectivity index (χ1) is 18.0. The molecule has 3 aromatic rings. The molecule has 192 valence electrons. The maximum absolute atomic E-state index is 14.9. The number of halogens is 1. The number of benzene rings is 3. The molecule has 0 amide bonds. The lowest BCUT2D eigenvalue weighted by Crippen LogP contribution is -2.37. The van der Waals surface area contributed by atoms with Crippen molar-refractivity contribution in [1.29, 1.82) is 0 Å². The van der Waals surface area contributed by atoms with Crippen molar-refractivity contribution >= 4 is 12.0 Å². The van der Waals surface area contributed by atoms with Crippen LogP contribution in [0.15, 0.2) is 66.7 Å². The van der Waals surface area contributed by atoms with E-state index < -0.39 is 11.8 Å². The molecule has 1 aliphatic carbocycles. The highest BCUT2D eigenvalue weighted by Gasteiger charge is 2.30. The van der Waals surface area contributed by atoms with Gasteiger partial charge in [0.1, 0.15) is 11.9 Å². The van der Waals surface area contributed by atoms with E-state index in [1.165, 1.54) is 29.9 Å². The van der Waals surface area contributed by atoms with Gasteiger partial charge in [-0.3, -0.25) is 0 Å². The fourth-order valence-electron chi connectivity index (χ4n) is 5.27. The van der Waals surface area contributed by atoms with Crippen LogP contribution in [0.4, 0.5) is 4.39 Å². The maximum Gasteiger partial charge on any atom is 0.343 e. The van der Waals surface area contributed by atoms with Gasteiger partial charge in [0.25, 0.3) is 0 Å². The summed E-state index contributed by atoms with van der Waals surface area (Å²) in [6.45, 7) is 2.52. The first kappa shape index (κ1) is 25.0. The topological polar surface area (TPSA) is 56.8 Å². The van der Waals surface area contributed by atoms with Crippen LogP contribution in [-0.2, 0) is 16.0 Å². The summed E-state index contributed by atoms with van der Waals surface area (Å²) in [5, 5.41) is 3.68. The summed E-state index contributed by atoms with van der Waals surface area (Å²) in [6.07, 6.45) is 7.30. The molecule has 0 radical (unpaired) electrons. The molecule has 1 aliphatic heterocycles. The predicted molar refractivity (Wildman–Crippen MR) is 141 cm³/mol. The second-order valence-electron chi connectivity index (χ2n) is 9.61. The monoisotopic (exact) mass is 501 g/mol. The second-order valence-corrected chi connectivity index (χ2v) is 9.61. The number of allylic oxidation sites excluding steroid dienone is 1. The summed E-state index contributed by atoms with van der Waals surface area (Å²) in [6, 6.07) is 19.6. The van der Waals surface area contributed by atoms with Crippen LogP contribution in [0.2, 0.25) is 0 Å². The number of rotatable bonds is 8. The minimum Gasteiger partial charge on any atom is -0.489 e. The van der Waals surface area contributed by atoms with E-state index in [1.807, 2.05) is 30.3 Å². The van der Waals surface area contributed by atoms with E-state index in [9.17, 15) is 9.18 Å². The van der Waals surface area contributed by atoms with Gasteiger partial charge in [0.05, 0.1) is 7.11 Å². The fraction of sp³-hybridized carbons (Fsp3) is 0.323. The summed E-state index contributed by atoms with van der Waals surface area (Å²) in [4.78, 5) is 11.4. The molecule has 2 aliphatic rings. The summed E-state index contributed by atoms with van der Waals surface area (Å²) >= 11 is 0. The van der Waals surface area contributed by atoms with Crippen LogP contribution < -0.4 is 14.8 Å². The number of methoxy groups -OCH3 is 1. The smallest absolute Gasteiger partial charge is 0.343 e. The van der Waals surface area contributed by atoms with Crippen molar-refractivity contribution in [3.8, 4) is 11.5 Å². The quantitative estimate of drug-likeness (QED) is 0.386. The highest BCUT2D eigenvalue weighted by atomic mass is 19.1. The lowest BCUT2D eigenvalue weighted by molar-refractivity contribution is -0.142. The average Bonchev–Trinajstić information content (AvgIpc) is 2.94. The van der Waals surface area contributed by atoms with Crippen molar-refractivity contribution in [3.05, 3.63) is 100 Å². The van der Waals surface area contributed by atoms with Gasteiger partial charge in [-0.15, -0.1) is 0 Å². The van der Waals surface area contributed by atoms with E-state index in [0.717, 1.165) is 29.7 Å². The Morgan fingerprint density at radius 2 is 2.03 bits per heavy atom. The van der Waals surface area contributed by atoms with Gasteiger partial charge >= 0.3 is 5.97 Å². The molecular formula is C31H32FNO4.